The number of anilines is 1. The molecule has 1 aromatic rings. The Labute approximate surface area is 121 Å². The van der Waals surface area contributed by atoms with Crippen LogP contribution in [0, 0.1) is 12.8 Å². The Morgan fingerprint density at radius 2 is 2.35 bits per heavy atom. The van der Waals surface area contributed by atoms with Gasteiger partial charge < -0.3 is 10.0 Å². The van der Waals surface area contributed by atoms with Crippen LogP contribution in [0.2, 0.25) is 0 Å². The Kier molecular flexibility index (Phi) is 4.89. The summed E-state index contributed by atoms with van der Waals surface area (Å²) in [6.07, 6.45) is 2.68. The molecule has 20 heavy (non-hydrogen) atoms. The molecule has 2 N–H and O–H groups in total. The molecule has 1 aromatic heterocycles. The van der Waals surface area contributed by atoms with Crippen LogP contribution in [0.4, 0.5) is 9.93 Å². The van der Waals surface area contributed by atoms with Gasteiger partial charge in [-0.2, -0.15) is 4.37 Å². The molecule has 1 saturated heterocycles. The number of hydrogen-bond acceptors (Lipinski definition) is 5. The number of carbonyl (C=O) groups excluding carboxylic acids is 1. The zero-order chi connectivity index (χ0) is 14.5. The van der Waals surface area contributed by atoms with Crippen LogP contribution in [0.3, 0.4) is 0 Å². The lowest BCUT2D eigenvalue weighted by atomic mass is 9.93. The Morgan fingerprint density at radius 1 is 1.55 bits per heavy atom. The summed E-state index contributed by atoms with van der Waals surface area (Å²) < 4.78 is 4.01. The number of urea groups is 1. The highest BCUT2D eigenvalue weighted by Gasteiger charge is 2.24. The number of hydrogen-bond donors (Lipinski definition) is 2. The van der Waals surface area contributed by atoms with Gasteiger partial charge in [-0.3, -0.25) is 10.1 Å². The van der Waals surface area contributed by atoms with Crippen molar-refractivity contribution in [1.82, 2.24) is 14.3 Å². The predicted octanol–water partition coefficient (Wildman–Crippen LogP) is 1.96. The first-order valence-electron chi connectivity index (χ1n) is 6.62. The molecular formula is C12H18N4O3S. The molecule has 7 nitrogen and oxygen atoms in total. The van der Waals surface area contributed by atoms with Crippen LogP contribution < -0.4 is 5.32 Å². The van der Waals surface area contributed by atoms with Gasteiger partial charge in [0.25, 0.3) is 0 Å². The number of carbonyl (C=O) groups is 2. The summed E-state index contributed by atoms with van der Waals surface area (Å²) in [7, 11) is 0. The molecule has 8 heteroatoms. The van der Waals surface area contributed by atoms with Gasteiger partial charge in [0.05, 0.1) is 0 Å². The van der Waals surface area contributed by atoms with Gasteiger partial charge >= 0.3 is 12.0 Å². The Hall–Kier alpha value is -1.70. The first kappa shape index (κ1) is 14.7. The topological polar surface area (TPSA) is 95.4 Å². The van der Waals surface area contributed by atoms with E-state index < -0.39 is 5.97 Å². The molecule has 0 aromatic carbocycles. The van der Waals surface area contributed by atoms with Crippen molar-refractivity contribution in [2.45, 2.75) is 32.6 Å². The number of aromatic nitrogens is 2. The second kappa shape index (κ2) is 6.65. The van der Waals surface area contributed by atoms with Gasteiger partial charge in [-0.1, -0.05) is 0 Å². The van der Waals surface area contributed by atoms with Gasteiger partial charge in [0.1, 0.15) is 5.82 Å². The molecule has 2 heterocycles. The van der Waals surface area contributed by atoms with Gasteiger partial charge in [-0.25, -0.2) is 9.78 Å². The first-order valence-corrected chi connectivity index (χ1v) is 7.40. The minimum absolute atomic E-state index is 0.162. The Balaban J connectivity index is 1.84. The number of aryl methyl sites for hydroxylation is 1. The second-order valence-electron chi connectivity index (χ2n) is 4.96. The lowest BCUT2D eigenvalue weighted by molar-refractivity contribution is -0.137. The first-order chi connectivity index (χ1) is 9.54. The minimum Gasteiger partial charge on any atom is -0.481 e. The highest BCUT2D eigenvalue weighted by molar-refractivity contribution is 7.09. The minimum atomic E-state index is -0.782. The molecule has 1 fully saturated rings. The van der Waals surface area contributed by atoms with Crippen LogP contribution in [0.25, 0.3) is 0 Å². The maximum absolute atomic E-state index is 12.1. The van der Waals surface area contributed by atoms with Crippen molar-refractivity contribution in [3.05, 3.63) is 5.82 Å². The van der Waals surface area contributed by atoms with E-state index in [0.717, 1.165) is 24.4 Å². The molecule has 1 aliphatic heterocycles. The SMILES string of the molecule is Cc1nsc(NC(=O)N2CCCC(CCC(=O)O)C2)n1. The molecule has 0 aliphatic carbocycles. The average Bonchev–Trinajstić information content (AvgIpc) is 2.82. The van der Waals surface area contributed by atoms with Crippen LogP contribution in [0.15, 0.2) is 0 Å². The van der Waals surface area contributed by atoms with Crippen LogP contribution in [-0.4, -0.2) is 44.5 Å². The number of nitrogens with zero attached hydrogens (tertiary/aromatic N) is 3. The van der Waals surface area contributed by atoms with E-state index in [2.05, 4.69) is 14.7 Å². The molecule has 1 atom stereocenters. The maximum atomic E-state index is 12.1. The normalized spacial score (nSPS) is 18.9. The van der Waals surface area contributed by atoms with Crippen LogP contribution in [-0.2, 0) is 4.79 Å². The summed E-state index contributed by atoms with van der Waals surface area (Å²) >= 11 is 1.16. The van der Waals surface area contributed by atoms with E-state index in [1.165, 1.54) is 0 Å². The highest BCUT2D eigenvalue weighted by atomic mass is 32.1. The summed E-state index contributed by atoms with van der Waals surface area (Å²) in [6.45, 7) is 3.08. The average molecular weight is 298 g/mol. The van der Waals surface area contributed by atoms with Gasteiger partial charge in [0.15, 0.2) is 0 Å². The van der Waals surface area contributed by atoms with Crippen LogP contribution in [0.1, 0.15) is 31.5 Å². The smallest absolute Gasteiger partial charge is 0.323 e. The number of carboxylic acid groups (broad SMARTS) is 1. The van der Waals surface area contributed by atoms with Crippen LogP contribution in [0.5, 0.6) is 0 Å². The summed E-state index contributed by atoms with van der Waals surface area (Å²) in [5.74, 6) is 0.126. The highest BCUT2D eigenvalue weighted by Crippen LogP contribution is 2.22. The molecule has 110 valence electrons. The number of carboxylic acids is 1. The fourth-order valence-corrected chi connectivity index (χ4v) is 2.90. The monoisotopic (exact) mass is 298 g/mol. The van der Waals surface area contributed by atoms with Crippen molar-refractivity contribution in [2.24, 2.45) is 5.92 Å². The standard InChI is InChI=1S/C12H18N4O3S/c1-8-13-11(20-15-8)14-12(19)16-6-2-3-9(7-16)4-5-10(17)18/h9H,2-7H2,1H3,(H,17,18)(H,13,14,15,19). The number of nitrogens with one attached hydrogen (secondary N) is 1. The largest absolute Gasteiger partial charge is 0.481 e. The van der Waals surface area contributed by atoms with Gasteiger partial charge in [0, 0.05) is 31.0 Å². The summed E-state index contributed by atoms with van der Waals surface area (Å²) in [6, 6.07) is -0.179. The van der Waals surface area contributed by atoms with E-state index in [4.69, 9.17) is 5.11 Å². The van der Waals surface area contributed by atoms with E-state index in [9.17, 15) is 9.59 Å². The van der Waals surface area contributed by atoms with Crippen molar-refractivity contribution in [3.8, 4) is 0 Å². The van der Waals surface area contributed by atoms with Crippen molar-refractivity contribution in [1.29, 1.82) is 0 Å². The van der Waals surface area contributed by atoms with E-state index in [0.29, 0.717) is 30.5 Å². The van der Waals surface area contributed by atoms with E-state index >= 15 is 0 Å². The fourth-order valence-electron chi connectivity index (χ4n) is 2.33. The molecule has 1 aliphatic rings. The lowest BCUT2D eigenvalue weighted by Crippen LogP contribution is -2.42. The van der Waals surface area contributed by atoms with Crippen molar-refractivity contribution in [3.63, 3.8) is 0 Å². The summed E-state index contributed by atoms with van der Waals surface area (Å²) in [5, 5.41) is 11.9. The molecule has 0 bridgehead atoms. The quantitative estimate of drug-likeness (QED) is 0.886. The number of aliphatic carboxylic acids is 1. The third kappa shape index (κ3) is 4.16. The van der Waals surface area contributed by atoms with Crippen LogP contribution >= 0.6 is 11.5 Å². The van der Waals surface area contributed by atoms with E-state index in [1.54, 1.807) is 11.8 Å². The summed E-state index contributed by atoms with van der Waals surface area (Å²) in [5.41, 5.74) is 0. The zero-order valence-electron chi connectivity index (χ0n) is 11.3. The number of amides is 2. The number of piperidine rings is 1. The van der Waals surface area contributed by atoms with Gasteiger partial charge in [-0.05, 0) is 32.1 Å². The zero-order valence-corrected chi connectivity index (χ0v) is 12.2. The van der Waals surface area contributed by atoms with Gasteiger partial charge in [-0.15, -0.1) is 0 Å². The summed E-state index contributed by atoms with van der Waals surface area (Å²) in [4.78, 5) is 28.5. The molecule has 0 spiro atoms. The van der Waals surface area contributed by atoms with Crippen molar-refractivity contribution < 1.29 is 14.7 Å². The van der Waals surface area contributed by atoms with Crippen molar-refractivity contribution in [2.75, 3.05) is 18.4 Å². The second-order valence-corrected chi connectivity index (χ2v) is 5.72. The molecule has 0 radical (unpaired) electrons. The Morgan fingerprint density at radius 3 is 3.00 bits per heavy atom. The third-order valence-corrected chi connectivity index (χ3v) is 4.04. The van der Waals surface area contributed by atoms with Crippen molar-refractivity contribution >= 4 is 28.7 Å². The third-order valence-electron chi connectivity index (χ3n) is 3.31. The molecular weight excluding hydrogens is 280 g/mol. The molecule has 1 unspecified atom stereocenters. The van der Waals surface area contributed by atoms with E-state index in [-0.39, 0.29) is 18.4 Å². The number of likely N-dealkylation sites (tertiary alicyclic amines) is 1. The molecule has 2 rings (SSSR count). The van der Waals surface area contributed by atoms with E-state index in [1.807, 2.05) is 0 Å². The van der Waals surface area contributed by atoms with Gasteiger partial charge in [0.2, 0.25) is 5.13 Å². The predicted molar refractivity (Wildman–Crippen MR) is 74.8 cm³/mol. The maximum Gasteiger partial charge on any atom is 0.323 e. The Bertz CT molecular complexity index is 491. The molecule has 2 amide bonds. The fraction of sp³-hybridized carbons (Fsp3) is 0.667. The molecule has 0 saturated carbocycles. The number of rotatable bonds is 4. The lowest BCUT2D eigenvalue weighted by Gasteiger charge is -2.32.